The molecule has 1 atom stereocenters. The van der Waals surface area contributed by atoms with Gasteiger partial charge in [0.05, 0.1) is 26.8 Å². The number of aliphatic hydroxyl groups is 1. The predicted molar refractivity (Wildman–Crippen MR) is 97.5 cm³/mol. The third kappa shape index (κ3) is 2.95. The number of rotatable bonds is 3. The number of halogens is 1. The van der Waals surface area contributed by atoms with Gasteiger partial charge in [-0.15, -0.1) is 11.3 Å². The average molecular weight is 395 g/mol. The number of Topliss-reactive ketones (excluding diaryl/α,β-unsaturated/α-hetero) is 1. The lowest BCUT2D eigenvalue weighted by Crippen LogP contribution is -2.11. The molecule has 1 aromatic carbocycles. The van der Waals surface area contributed by atoms with E-state index in [1.54, 1.807) is 6.92 Å². The van der Waals surface area contributed by atoms with Gasteiger partial charge in [-0.25, -0.2) is 4.98 Å². The quantitative estimate of drug-likeness (QED) is 0.792. The molecule has 4 nitrogen and oxygen atoms in total. The maximum Gasteiger partial charge on any atom is 0.161 e. The van der Waals surface area contributed by atoms with E-state index in [0.717, 1.165) is 50.6 Å². The first-order valence-electron chi connectivity index (χ1n) is 7.59. The SMILES string of the molecule is CC(=O)c1c(-c2nc3c(s2)C(O)CCC3)ccc(N(C)C)c1Br. The second kappa shape index (κ2) is 6.34. The Kier molecular flexibility index (Phi) is 4.58. The Balaban J connectivity index is 2.17. The highest BCUT2D eigenvalue weighted by molar-refractivity contribution is 9.10. The van der Waals surface area contributed by atoms with Gasteiger partial charge in [-0.2, -0.15) is 0 Å². The Hall–Kier alpha value is -1.24. The zero-order valence-electron chi connectivity index (χ0n) is 13.4. The summed E-state index contributed by atoms with van der Waals surface area (Å²) in [6.07, 6.45) is 2.22. The molecule has 0 fully saturated rings. The van der Waals surface area contributed by atoms with Crippen LogP contribution >= 0.6 is 27.3 Å². The first-order valence-corrected chi connectivity index (χ1v) is 9.20. The van der Waals surface area contributed by atoms with Crippen molar-refractivity contribution in [3.8, 4) is 10.6 Å². The van der Waals surface area contributed by atoms with Crippen molar-refractivity contribution in [3.05, 3.63) is 32.7 Å². The number of aliphatic hydroxyl groups excluding tert-OH is 1. The number of carbonyl (C=O) groups excluding carboxylic acids is 1. The van der Waals surface area contributed by atoms with Crippen LogP contribution in [0, 0.1) is 0 Å². The fraction of sp³-hybridized carbons (Fsp3) is 0.412. The van der Waals surface area contributed by atoms with E-state index in [1.165, 1.54) is 11.3 Å². The molecule has 0 spiro atoms. The molecule has 1 heterocycles. The molecule has 23 heavy (non-hydrogen) atoms. The van der Waals surface area contributed by atoms with Gasteiger partial charge < -0.3 is 10.0 Å². The van der Waals surface area contributed by atoms with E-state index in [0.29, 0.717) is 5.56 Å². The topological polar surface area (TPSA) is 53.4 Å². The molecule has 0 saturated carbocycles. The van der Waals surface area contributed by atoms with Crippen molar-refractivity contribution in [2.24, 2.45) is 0 Å². The van der Waals surface area contributed by atoms with E-state index in [1.807, 2.05) is 31.1 Å². The zero-order chi connectivity index (χ0) is 16.7. The van der Waals surface area contributed by atoms with Crippen LogP contribution < -0.4 is 4.90 Å². The second-order valence-electron chi connectivity index (χ2n) is 6.01. The minimum absolute atomic E-state index is 0.00398. The molecule has 2 aromatic rings. The molecule has 1 aliphatic rings. The molecular formula is C17H19BrN2O2S. The van der Waals surface area contributed by atoms with Gasteiger partial charge >= 0.3 is 0 Å². The Morgan fingerprint density at radius 1 is 1.43 bits per heavy atom. The van der Waals surface area contributed by atoms with Gasteiger partial charge in [0, 0.05) is 25.2 Å². The normalized spacial score (nSPS) is 17.0. The van der Waals surface area contributed by atoms with Crippen LogP contribution in [-0.4, -0.2) is 30.0 Å². The lowest BCUT2D eigenvalue weighted by molar-refractivity contribution is 0.101. The standard InChI is InChI=1S/C17H19BrN2O2S/c1-9(21)14-10(7-8-12(15(14)18)20(2)3)17-19-11-5-4-6-13(22)16(11)23-17/h7-8,13,22H,4-6H2,1-3H3. The van der Waals surface area contributed by atoms with Crippen molar-refractivity contribution in [2.45, 2.75) is 32.3 Å². The van der Waals surface area contributed by atoms with Crippen molar-refractivity contribution in [1.82, 2.24) is 4.98 Å². The Morgan fingerprint density at radius 2 is 2.17 bits per heavy atom. The monoisotopic (exact) mass is 394 g/mol. The summed E-state index contributed by atoms with van der Waals surface area (Å²) in [6.45, 7) is 1.57. The van der Waals surface area contributed by atoms with Crippen LogP contribution in [0.5, 0.6) is 0 Å². The highest BCUT2D eigenvalue weighted by Gasteiger charge is 2.25. The predicted octanol–water partition coefficient (Wildman–Crippen LogP) is 4.21. The second-order valence-corrected chi connectivity index (χ2v) is 7.83. The molecular weight excluding hydrogens is 376 g/mol. The summed E-state index contributed by atoms with van der Waals surface area (Å²) in [4.78, 5) is 19.8. The van der Waals surface area contributed by atoms with Crippen LogP contribution in [0.1, 0.15) is 46.8 Å². The van der Waals surface area contributed by atoms with Crippen LogP contribution in [0.2, 0.25) is 0 Å². The molecule has 0 amide bonds. The molecule has 0 bridgehead atoms. The first-order chi connectivity index (χ1) is 10.9. The number of aromatic nitrogens is 1. The molecule has 1 aliphatic carbocycles. The third-order valence-electron chi connectivity index (χ3n) is 4.11. The number of anilines is 1. The van der Waals surface area contributed by atoms with Gasteiger partial charge in [0.15, 0.2) is 5.78 Å². The van der Waals surface area contributed by atoms with Crippen molar-refractivity contribution in [3.63, 3.8) is 0 Å². The summed E-state index contributed by atoms with van der Waals surface area (Å²) in [5.74, 6) is 0.00398. The lowest BCUT2D eigenvalue weighted by atomic mass is 10.0. The van der Waals surface area contributed by atoms with Crippen LogP contribution in [-0.2, 0) is 6.42 Å². The molecule has 0 saturated heterocycles. The van der Waals surface area contributed by atoms with E-state index < -0.39 is 6.10 Å². The van der Waals surface area contributed by atoms with Crippen LogP contribution in [0.4, 0.5) is 5.69 Å². The summed E-state index contributed by atoms with van der Waals surface area (Å²) < 4.78 is 0.793. The molecule has 3 rings (SSSR count). The minimum Gasteiger partial charge on any atom is -0.388 e. The number of carbonyl (C=O) groups is 1. The molecule has 1 unspecified atom stereocenters. The van der Waals surface area contributed by atoms with Crippen molar-refractivity contribution < 1.29 is 9.90 Å². The number of thiazole rings is 1. The number of hydrogen-bond acceptors (Lipinski definition) is 5. The summed E-state index contributed by atoms with van der Waals surface area (Å²) in [5.41, 5.74) is 3.42. The number of fused-ring (bicyclic) bond motifs is 1. The highest BCUT2D eigenvalue weighted by Crippen LogP contribution is 2.42. The third-order valence-corrected chi connectivity index (χ3v) is 6.14. The zero-order valence-corrected chi connectivity index (χ0v) is 15.8. The summed E-state index contributed by atoms with van der Waals surface area (Å²) in [7, 11) is 3.89. The highest BCUT2D eigenvalue weighted by atomic mass is 79.9. The Bertz CT molecular complexity index is 770. The summed E-state index contributed by atoms with van der Waals surface area (Å²) in [6, 6.07) is 3.94. The summed E-state index contributed by atoms with van der Waals surface area (Å²) in [5, 5.41) is 11.0. The van der Waals surface area contributed by atoms with Crippen LogP contribution in [0.15, 0.2) is 16.6 Å². The van der Waals surface area contributed by atoms with Gasteiger partial charge in [-0.05, 0) is 54.2 Å². The number of benzene rings is 1. The number of nitrogens with zero attached hydrogens (tertiary/aromatic N) is 2. The van der Waals surface area contributed by atoms with Gasteiger partial charge in [0.1, 0.15) is 5.01 Å². The van der Waals surface area contributed by atoms with Crippen LogP contribution in [0.3, 0.4) is 0 Å². The van der Waals surface area contributed by atoms with Gasteiger partial charge in [-0.3, -0.25) is 4.79 Å². The fourth-order valence-electron chi connectivity index (χ4n) is 2.95. The van der Waals surface area contributed by atoms with E-state index in [9.17, 15) is 9.90 Å². The van der Waals surface area contributed by atoms with E-state index in [2.05, 4.69) is 15.9 Å². The number of aryl methyl sites for hydroxylation is 1. The van der Waals surface area contributed by atoms with Gasteiger partial charge in [0.2, 0.25) is 0 Å². The van der Waals surface area contributed by atoms with Crippen molar-refractivity contribution in [2.75, 3.05) is 19.0 Å². The average Bonchev–Trinajstić information content (AvgIpc) is 2.91. The molecule has 0 radical (unpaired) electrons. The molecule has 6 heteroatoms. The number of ketones is 1. The van der Waals surface area contributed by atoms with Crippen molar-refractivity contribution >= 4 is 38.7 Å². The molecule has 1 aromatic heterocycles. The smallest absolute Gasteiger partial charge is 0.161 e. The van der Waals surface area contributed by atoms with E-state index in [4.69, 9.17) is 4.98 Å². The number of hydrogen-bond donors (Lipinski definition) is 1. The van der Waals surface area contributed by atoms with Crippen molar-refractivity contribution in [1.29, 1.82) is 0 Å². The maximum atomic E-state index is 12.2. The largest absolute Gasteiger partial charge is 0.388 e. The first kappa shape index (κ1) is 16.6. The summed E-state index contributed by atoms with van der Waals surface area (Å²) >= 11 is 5.08. The molecule has 122 valence electrons. The fourth-order valence-corrected chi connectivity index (χ4v) is 5.09. The van der Waals surface area contributed by atoms with Crippen LogP contribution in [0.25, 0.3) is 10.6 Å². The van der Waals surface area contributed by atoms with E-state index in [-0.39, 0.29) is 5.78 Å². The minimum atomic E-state index is -0.421. The molecule has 1 N–H and O–H groups in total. The van der Waals surface area contributed by atoms with E-state index >= 15 is 0 Å². The maximum absolute atomic E-state index is 12.2. The van der Waals surface area contributed by atoms with Gasteiger partial charge in [-0.1, -0.05) is 0 Å². The van der Waals surface area contributed by atoms with Gasteiger partial charge in [0.25, 0.3) is 0 Å². The Labute approximate surface area is 148 Å². The lowest BCUT2D eigenvalue weighted by Gasteiger charge is -2.18. The Morgan fingerprint density at radius 3 is 2.78 bits per heavy atom. The molecule has 0 aliphatic heterocycles.